The Morgan fingerprint density at radius 3 is 1.92 bits per heavy atom. The van der Waals surface area contributed by atoms with Crippen molar-refractivity contribution in [2.45, 2.75) is 63.7 Å². The quantitative estimate of drug-likeness (QED) is 0.128. The van der Waals surface area contributed by atoms with Gasteiger partial charge in [0.15, 0.2) is 0 Å². The van der Waals surface area contributed by atoms with Gasteiger partial charge in [0.2, 0.25) is 23.6 Å². The molecule has 0 aliphatic heterocycles. The number of carboxylic acids is 2. The second-order valence-corrected chi connectivity index (χ2v) is 8.77. The first-order valence-electron chi connectivity index (χ1n) is 11.4. The van der Waals surface area contributed by atoms with Gasteiger partial charge < -0.3 is 42.7 Å². The predicted octanol–water partition coefficient (Wildman–Crippen LogP) is -1.80. The zero-order valence-electron chi connectivity index (χ0n) is 20.5. The number of rotatable bonds is 15. The maximum atomic E-state index is 13.1. The van der Waals surface area contributed by atoms with Crippen molar-refractivity contribution in [2.75, 3.05) is 0 Å². The molecule has 0 bridgehead atoms. The molecule has 0 aliphatic rings. The van der Waals surface area contributed by atoms with Gasteiger partial charge in [-0.15, -0.1) is 0 Å². The van der Waals surface area contributed by atoms with Crippen molar-refractivity contribution in [2.24, 2.45) is 17.4 Å². The van der Waals surface area contributed by atoms with Crippen LogP contribution in [0.25, 0.3) is 0 Å². The Morgan fingerprint density at radius 1 is 0.865 bits per heavy atom. The Bertz CT molecular complexity index is 997. The van der Waals surface area contributed by atoms with Gasteiger partial charge in [0, 0.05) is 12.8 Å². The Morgan fingerprint density at radius 2 is 1.43 bits per heavy atom. The number of amides is 4. The predicted molar refractivity (Wildman–Crippen MR) is 129 cm³/mol. The van der Waals surface area contributed by atoms with E-state index in [1.807, 2.05) is 0 Å². The molecule has 0 saturated heterocycles. The summed E-state index contributed by atoms with van der Waals surface area (Å²) in [7, 11) is 0. The van der Waals surface area contributed by atoms with E-state index >= 15 is 0 Å². The molecule has 4 atom stereocenters. The summed E-state index contributed by atoms with van der Waals surface area (Å²) in [5.74, 6) is -6.57. The SMILES string of the molecule is CC(C)C(NC(=O)C(N)CC(=O)O)C(=O)NC(Cc1ccc(O)cc1)C(=O)NC(CCC(N)=O)C(=O)O. The first-order chi connectivity index (χ1) is 17.2. The fourth-order valence-corrected chi connectivity index (χ4v) is 3.23. The molecule has 10 N–H and O–H groups in total. The molecular formula is C23H33N5O9. The molecule has 0 heterocycles. The van der Waals surface area contributed by atoms with Gasteiger partial charge >= 0.3 is 11.9 Å². The van der Waals surface area contributed by atoms with Crippen molar-refractivity contribution in [3.63, 3.8) is 0 Å². The van der Waals surface area contributed by atoms with E-state index in [0.717, 1.165) is 0 Å². The second kappa shape index (κ2) is 14.4. The van der Waals surface area contributed by atoms with Gasteiger partial charge in [0.25, 0.3) is 0 Å². The molecule has 14 nitrogen and oxygen atoms in total. The van der Waals surface area contributed by atoms with Gasteiger partial charge in [-0.25, -0.2) is 4.79 Å². The fraction of sp³-hybridized carbons (Fsp3) is 0.478. The molecule has 14 heteroatoms. The van der Waals surface area contributed by atoms with Crippen LogP contribution < -0.4 is 27.4 Å². The first kappa shape index (κ1) is 30.8. The molecule has 1 rings (SSSR count). The van der Waals surface area contributed by atoms with Crippen LogP contribution in [-0.2, 0) is 35.2 Å². The molecule has 4 unspecified atom stereocenters. The van der Waals surface area contributed by atoms with Crippen molar-refractivity contribution >= 4 is 35.6 Å². The summed E-state index contributed by atoms with van der Waals surface area (Å²) in [6, 6.07) is 0.316. The number of phenols is 1. The molecule has 0 aromatic heterocycles. The smallest absolute Gasteiger partial charge is 0.326 e. The topological polar surface area (TPSA) is 251 Å². The van der Waals surface area contributed by atoms with Gasteiger partial charge in [0.1, 0.15) is 23.9 Å². The van der Waals surface area contributed by atoms with Crippen molar-refractivity contribution in [3.05, 3.63) is 29.8 Å². The van der Waals surface area contributed by atoms with Gasteiger partial charge in [-0.2, -0.15) is 0 Å². The lowest BCUT2D eigenvalue weighted by atomic mass is 10.00. The third-order valence-corrected chi connectivity index (χ3v) is 5.28. The number of nitrogens with two attached hydrogens (primary N) is 2. The van der Waals surface area contributed by atoms with E-state index in [4.69, 9.17) is 16.6 Å². The summed E-state index contributed by atoms with van der Waals surface area (Å²) in [6.07, 6.45) is -1.35. The Balaban J connectivity index is 3.13. The van der Waals surface area contributed by atoms with E-state index in [1.54, 1.807) is 13.8 Å². The second-order valence-electron chi connectivity index (χ2n) is 8.77. The van der Waals surface area contributed by atoms with Crippen LogP contribution >= 0.6 is 0 Å². The number of carboxylic acid groups (broad SMARTS) is 2. The highest BCUT2D eigenvalue weighted by molar-refractivity contribution is 5.95. The van der Waals surface area contributed by atoms with Crippen molar-refractivity contribution in [1.29, 1.82) is 0 Å². The molecule has 0 aliphatic carbocycles. The number of primary amides is 1. The van der Waals surface area contributed by atoms with Crippen LogP contribution in [-0.4, -0.2) is 75.1 Å². The van der Waals surface area contributed by atoms with Crippen LogP contribution in [0.4, 0.5) is 0 Å². The summed E-state index contributed by atoms with van der Waals surface area (Å²) in [5, 5.41) is 34.9. The average molecular weight is 524 g/mol. The number of hydrogen-bond acceptors (Lipinski definition) is 8. The van der Waals surface area contributed by atoms with Crippen LogP contribution in [0.1, 0.15) is 38.7 Å². The van der Waals surface area contributed by atoms with E-state index in [-0.39, 0.29) is 25.0 Å². The number of nitrogens with one attached hydrogen (secondary N) is 3. The maximum Gasteiger partial charge on any atom is 0.326 e. The van der Waals surface area contributed by atoms with Crippen molar-refractivity contribution in [3.8, 4) is 5.75 Å². The Kier molecular flexibility index (Phi) is 12.0. The lowest BCUT2D eigenvalue weighted by molar-refractivity contribution is -0.142. The minimum Gasteiger partial charge on any atom is -0.508 e. The van der Waals surface area contributed by atoms with Gasteiger partial charge in [-0.05, 0) is 30.0 Å². The van der Waals surface area contributed by atoms with Crippen LogP contribution in [0, 0.1) is 5.92 Å². The highest BCUT2D eigenvalue weighted by Gasteiger charge is 2.32. The van der Waals surface area contributed by atoms with Crippen LogP contribution in [0.5, 0.6) is 5.75 Å². The van der Waals surface area contributed by atoms with Gasteiger partial charge in [0.05, 0.1) is 12.5 Å². The standard InChI is InChI=1S/C23H33N5O9/c1-11(2)19(28-20(33)14(24)10-18(31)32)22(35)27-16(9-12-3-5-13(29)6-4-12)21(34)26-15(23(36)37)7-8-17(25)30/h3-6,11,14-16,19,29H,7-10,24H2,1-2H3,(H2,25,30)(H,26,34)(H,27,35)(H,28,33)(H,31,32)(H,36,37). The first-order valence-corrected chi connectivity index (χ1v) is 11.4. The average Bonchev–Trinajstić information content (AvgIpc) is 2.79. The minimum absolute atomic E-state index is 0.0357. The van der Waals surface area contributed by atoms with E-state index in [1.165, 1.54) is 24.3 Å². The van der Waals surface area contributed by atoms with E-state index in [0.29, 0.717) is 5.56 Å². The zero-order chi connectivity index (χ0) is 28.3. The van der Waals surface area contributed by atoms with Crippen molar-refractivity contribution in [1.82, 2.24) is 16.0 Å². The lowest BCUT2D eigenvalue weighted by Crippen LogP contribution is -2.59. The summed E-state index contributed by atoms with van der Waals surface area (Å²) < 4.78 is 0. The highest BCUT2D eigenvalue weighted by atomic mass is 16.4. The van der Waals surface area contributed by atoms with Crippen molar-refractivity contribution < 1.29 is 44.1 Å². The third kappa shape index (κ3) is 10.9. The largest absolute Gasteiger partial charge is 0.508 e. The number of aliphatic carboxylic acids is 2. The van der Waals surface area contributed by atoms with Gasteiger partial charge in [-0.3, -0.25) is 24.0 Å². The molecule has 1 aromatic rings. The Labute approximate surface area is 212 Å². The lowest BCUT2D eigenvalue weighted by Gasteiger charge is -2.27. The molecule has 37 heavy (non-hydrogen) atoms. The zero-order valence-corrected chi connectivity index (χ0v) is 20.5. The molecule has 0 spiro atoms. The molecule has 204 valence electrons. The number of benzene rings is 1. The fourth-order valence-electron chi connectivity index (χ4n) is 3.23. The Hall–Kier alpha value is -4.20. The van der Waals surface area contributed by atoms with Crippen LogP contribution in [0.2, 0.25) is 0 Å². The number of phenolic OH excluding ortho intramolecular Hbond substituents is 1. The summed E-state index contributed by atoms with van der Waals surface area (Å²) in [6.45, 7) is 3.21. The minimum atomic E-state index is -1.46. The summed E-state index contributed by atoms with van der Waals surface area (Å²) in [4.78, 5) is 71.9. The summed E-state index contributed by atoms with van der Waals surface area (Å²) >= 11 is 0. The summed E-state index contributed by atoms with van der Waals surface area (Å²) in [5.41, 5.74) is 11.1. The molecular weight excluding hydrogens is 490 g/mol. The van der Waals surface area contributed by atoms with Gasteiger partial charge in [-0.1, -0.05) is 26.0 Å². The molecule has 0 saturated carbocycles. The molecule has 0 radical (unpaired) electrons. The van der Waals surface area contributed by atoms with Crippen LogP contribution in [0.3, 0.4) is 0 Å². The monoisotopic (exact) mass is 523 g/mol. The third-order valence-electron chi connectivity index (χ3n) is 5.28. The normalized spacial score (nSPS) is 14.1. The number of hydrogen-bond donors (Lipinski definition) is 8. The maximum absolute atomic E-state index is 13.1. The number of aromatic hydroxyl groups is 1. The number of carbonyl (C=O) groups is 6. The molecule has 1 aromatic carbocycles. The number of carbonyl (C=O) groups excluding carboxylic acids is 4. The highest BCUT2D eigenvalue weighted by Crippen LogP contribution is 2.13. The van der Waals surface area contributed by atoms with E-state index < -0.39 is 72.1 Å². The molecule has 0 fully saturated rings. The van der Waals surface area contributed by atoms with E-state index in [9.17, 15) is 39.0 Å². The van der Waals surface area contributed by atoms with E-state index in [2.05, 4.69) is 16.0 Å². The molecule has 4 amide bonds. The van der Waals surface area contributed by atoms with Crippen LogP contribution in [0.15, 0.2) is 24.3 Å².